The highest BCUT2D eigenvalue weighted by Gasteiger charge is 2.30. The number of rotatable bonds is 12. The average molecular weight is 786 g/mol. The Bertz CT molecular complexity index is 2290. The number of nitrogens with zero attached hydrogens (tertiary/aromatic N) is 6. The van der Waals surface area contributed by atoms with Crippen molar-refractivity contribution in [3.63, 3.8) is 0 Å². The van der Waals surface area contributed by atoms with Crippen LogP contribution >= 0.6 is 23.2 Å². The van der Waals surface area contributed by atoms with Crippen molar-refractivity contribution in [2.24, 2.45) is 10.2 Å². The molecule has 2 amide bonds. The molecular formula is C33H30Cl2N8O9S. The Morgan fingerprint density at radius 2 is 1.58 bits per heavy atom. The van der Waals surface area contributed by atoms with Crippen molar-refractivity contribution < 1.29 is 42.4 Å². The van der Waals surface area contributed by atoms with E-state index in [1.807, 2.05) is 0 Å². The summed E-state index contributed by atoms with van der Waals surface area (Å²) in [5.41, 5.74) is -0.173. The number of halogens is 2. The molecule has 0 spiro atoms. The maximum Gasteiger partial charge on any atom is 0.323 e. The van der Waals surface area contributed by atoms with Gasteiger partial charge in [-0.2, -0.15) is 18.8 Å². The molecule has 0 atom stereocenters. The Morgan fingerprint density at radius 3 is 2.11 bits per heavy atom. The first-order valence-electron chi connectivity index (χ1n) is 15.1. The number of amides is 2. The topological polar surface area (TPSA) is 257 Å². The summed E-state index contributed by atoms with van der Waals surface area (Å²) in [6.07, 6.45) is 0. The van der Waals surface area contributed by atoms with E-state index in [1.165, 1.54) is 54.1 Å². The zero-order chi connectivity index (χ0) is 39.4. The van der Waals surface area contributed by atoms with Gasteiger partial charge in [0.05, 0.1) is 26.3 Å². The number of carbonyl (C=O) groups excluding carboxylic acids is 2. The summed E-state index contributed by atoms with van der Waals surface area (Å²) in [4.78, 5) is 48.5. The number of carboxylic acids is 2. The quantitative estimate of drug-likeness (QED) is 0.0795. The van der Waals surface area contributed by atoms with E-state index in [9.17, 15) is 47.6 Å². The lowest BCUT2D eigenvalue weighted by Gasteiger charge is -2.21. The van der Waals surface area contributed by atoms with Crippen LogP contribution in [0.25, 0.3) is 5.69 Å². The first kappa shape index (κ1) is 39.9. The van der Waals surface area contributed by atoms with Gasteiger partial charge in [0, 0.05) is 29.3 Å². The normalized spacial score (nSPS) is 11.6. The maximum absolute atomic E-state index is 13.0. The van der Waals surface area contributed by atoms with Crippen molar-refractivity contribution in [1.82, 2.24) is 9.78 Å². The highest BCUT2D eigenvalue weighted by molar-refractivity contribution is 7.85. The van der Waals surface area contributed by atoms with Gasteiger partial charge in [-0.1, -0.05) is 50.0 Å². The Balaban J connectivity index is 1.82. The van der Waals surface area contributed by atoms with Gasteiger partial charge >= 0.3 is 11.9 Å². The lowest BCUT2D eigenvalue weighted by Crippen LogP contribution is -2.34. The van der Waals surface area contributed by atoms with Gasteiger partial charge in [0.25, 0.3) is 16.0 Å². The summed E-state index contributed by atoms with van der Waals surface area (Å²) in [6, 6.07) is 13.5. The highest BCUT2D eigenvalue weighted by Crippen LogP contribution is 2.40. The molecule has 0 aliphatic carbocycles. The van der Waals surface area contributed by atoms with Gasteiger partial charge in [-0.25, -0.2) is 4.68 Å². The summed E-state index contributed by atoms with van der Waals surface area (Å²) < 4.78 is 33.6. The van der Waals surface area contributed by atoms with Gasteiger partial charge in [-0.05, 0) is 48.5 Å². The van der Waals surface area contributed by atoms with Crippen molar-refractivity contribution in [3.05, 3.63) is 81.5 Å². The standard InChI is InChI=1S/C33H30Cl2N8O9S/c1-17(44)37-26-13-20(42(15-27(45)46)16-28(47)48)8-9-25(26)39-40-31-22(14-36)30(33(2,3)4)41-43(31)29-23(34)11-19(12-24(29)35)38-32(49)18-6-5-7-21(10-18)53(50,51)52/h5-13H,15-16H2,1-4H3,(H,37,44)(H,38,49)(H,45,46)(H,47,48)(H,50,51,52). The molecule has 0 bridgehead atoms. The van der Waals surface area contributed by atoms with E-state index < -0.39 is 57.3 Å². The first-order chi connectivity index (χ1) is 24.7. The minimum atomic E-state index is -4.57. The van der Waals surface area contributed by atoms with Gasteiger partial charge in [0.2, 0.25) is 5.91 Å². The molecule has 5 N–H and O–H groups in total. The number of aromatic nitrogens is 2. The molecule has 1 heterocycles. The van der Waals surface area contributed by atoms with Gasteiger partial charge in [0.1, 0.15) is 36.1 Å². The van der Waals surface area contributed by atoms with Crippen molar-refractivity contribution in [3.8, 4) is 11.8 Å². The summed E-state index contributed by atoms with van der Waals surface area (Å²) in [5, 5.41) is 47.0. The Labute approximate surface area is 312 Å². The van der Waals surface area contributed by atoms with Crippen LogP contribution < -0.4 is 15.5 Å². The molecule has 17 nitrogen and oxygen atoms in total. The summed E-state index contributed by atoms with van der Waals surface area (Å²) in [7, 11) is -4.57. The molecule has 0 fully saturated rings. The number of nitriles is 1. The zero-order valence-electron chi connectivity index (χ0n) is 28.2. The highest BCUT2D eigenvalue weighted by atomic mass is 35.5. The van der Waals surface area contributed by atoms with Crippen molar-refractivity contribution in [2.45, 2.75) is 38.0 Å². The zero-order valence-corrected chi connectivity index (χ0v) is 30.6. The molecule has 4 rings (SSSR count). The van der Waals surface area contributed by atoms with E-state index in [4.69, 9.17) is 23.2 Å². The van der Waals surface area contributed by atoms with E-state index in [-0.39, 0.29) is 61.1 Å². The van der Waals surface area contributed by atoms with Crippen LogP contribution in [0.5, 0.6) is 0 Å². The first-order valence-corrected chi connectivity index (χ1v) is 17.3. The van der Waals surface area contributed by atoms with Crippen LogP contribution in [0.4, 0.5) is 28.6 Å². The number of anilines is 3. The number of carboxylic acid groups (broad SMARTS) is 2. The number of carbonyl (C=O) groups is 4. The van der Waals surface area contributed by atoms with Crippen LogP contribution in [0.3, 0.4) is 0 Å². The predicted molar refractivity (Wildman–Crippen MR) is 194 cm³/mol. The van der Waals surface area contributed by atoms with Crippen molar-refractivity contribution in [2.75, 3.05) is 28.6 Å². The number of hydrogen-bond donors (Lipinski definition) is 5. The van der Waals surface area contributed by atoms with Gasteiger partial charge < -0.3 is 25.7 Å². The second kappa shape index (κ2) is 15.8. The van der Waals surface area contributed by atoms with E-state index in [0.29, 0.717) is 0 Å². The van der Waals surface area contributed by atoms with E-state index in [0.717, 1.165) is 17.0 Å². The van der Waals surface area contributed by atoms with Crippen molar-refractivity contribution in [1.29, 1.82) is 5.26 Å². The fourth-order valence-corrected chi connectivity index (χ4v) is 6.06. The van der Waals surface area contributed by atoms with Crippen LogP contribution in [0.1, 0.15) is 49.3 Å². The minimum absolute atomic E-state index is 0.00345. The van der Waals surface area contributed by atoms with Crippen LogP contribution in [0.15, 0.2) is 69.7 Å². The molecule has 0 aliphatic rings. The number of benzene rings is 3. The largest absolute Gasteiger partial charge is 0.480 e. The number of aliphatic carboxylic acids is 2. The molecule has 0 radical (unpaired) electrons. The molecule has 1 aromatic heterocycles. The predicted octanol–water partition coefficient (Wildman–Crippen LogP) is 6.20. The monoisotopic (exact) mass is 784 g/mol. The minimum Gasteiger partial charge on any atom is -0.480 e. The Hall–Kier alpha value is -5.87. The SMILES string of the molecule is CC(=O)Nc1cc(N(CC(=O)O)CC(=O)O)ccc1N=Nc1c(C#N)c(C(C)(C)C)nn1-c1c(Cl)cc(NC(=O)c2cccc(S(=O)(=O)O)c2)cc1Cl. The lowest BCUT2D eigenvalue weighted by atomic mass is 9.90. The second-order valence-electron chi connectivity index (χ2n) is 12.3. The molecule has 0 saturated heterocycles. The van der Waals surface area contributed by atoms with Gasteiger partial charge in [-0.3, -0.25) is 23.7 Å². The fourth-order valence-electron chi connectivity index (χ4n) is 4.89. The molecule has 53 heavy (non-hydrogen) atoms. The molecule has 4 aromatic rings. The van der Waals surface area contributed by atoms with E-state index in [1.54, 1.807) is 20.8 Å². The summed E-state index contributed by atoms with van der Waals surface area (Å²) >= 11 is 13.4. The summed E-state index contributed by atoms with van der Waals surface area (Å²) in [6.45, 7) is 5.30. The molecule has 276 valence electrons. The van der Waals surface area contributed by atoms with Crippen molar-refractivity contribution >= 4 is 85.6 Å². The third kappa shape index (κ3) is 9.72. The van der Waals surface area contributed by atoms with Crippen LogP contribution in [0.2, 0.25) is 10.0 Å². The Morgan fingerprint density at radius 1 is 0.962 bits per heavy atom. The van der Waals surface area contributed by atoms with Crippen LogP contribution in [-0.2, 0) is 29.9 Å². The number of azo groups is 1. The fraction of sp³-hybridized carbons (Fsp3) is 0.212. The summed E-state index contributed by atoms with van der Waals surface area (Å²) in [5.74, 6) is -3.99. The van der Waals surface area contributed by atoms with E-state index in [2.05, 4.69) is 32.0 Å². The number of nitrogens with one attached hydrogen (secondary N) is 2. The molecule has 0 saturated carbocycles. The maximum atomic E-state index is 13.0. The Kier molecular flexibility index (Phi) is 11.9. The number of hydrogen-bond acceptors (Lipinski definition) is 11. The molecular weight excluding hydrogens is 755 g/mol. The van der Waals surface area contributed by atoms with Crippen LogP contribution in [0, 0.1) is 11.3 Å². The van der Waals surface area contributed by atoms with Crippen LogP contribution in [-0.4, -0.2) is 69.8 Å². The smallest absolute Gasteiger partial charge is 0.323 e. The molecule has 0 unspecified atom stereocenters. The molecule has 0 aliphatic heterocycles. The molecule has 20 heteroatoms. The van der Waals surface area contributed by atoms with Gasteiger partial charge in [-0.15, -0.1) is 10.2 Å². The third-order valence-electron chi connectivity index (χ3n) is 7.12. The molecule has 3 aromatic carbocycles. The lowest BCUT2D eigenvalue weighted by molar-refractivity contribution is -0.136. The third-order valence-corrected chi connectivity index (χ3v) is 8.55. The average Bonchev–Trinajstić information content (AvgIpc) is 3.41. The second-order valence-corrected chi connectivity index (χ2v) is 14.5. The van der Waals surface area contributed by atoms with Gasteiger partial charge in [0.15, 0.2) is 5.82 Å². The van der Waals surface area contributed by atoms with E-state index >= 15 is 0 Å².